The molecular weight excluding hydrogens is 454 g/mol. The van der Waals surface area contributed by atoms with Gasteiger partial charge in [0.25, 0.3) is 0 Å². The van der Waals surface area contributed by atoms with Crippen LogP contribution in [0.3, 0.4) is 0 Å². The van der Waals surface area contributed by atoms with E-state index in [4.69, 9.17) is 21.4 Å². The minimum Gasteiger partial charge on any atom is -0.491 e. The van der Waals surface area contributed by atoms with Gasteiger partial charge in [0.15, 0.2) is 5.78 Å². The number of thiophene rings is 1. The van der Waals surface area contributed by atoms with E-state index in [1.165, 1.54) is 23.1 Å². The van der Waals surface area contributed by atoms with Crippen molar-refractivity contribution in [1.29, 1.82) is 0 Å². The molecule has 1 aromatic heterocycles. The topological polar surface area (TPSA) is 75.6 Å². The molecule has 8 heteroatoms. The van der Waals surface area contributed by atoms with Crippen LogP contribution in [0.15, 0.2) is 70.3 Å². The van der Waals surface area contributed by atoms with Crippen LogP contribution in [0.2, 0.25) is 5.02 Å². The summed E-state index contributed by atoms with van der Waals surface area (Å²) in [6.45, 7) is 0.126. The highest BCUT2D eigenvalue weighted by Crippen LogP contribution is 2.41. The predicted octanol–water partition coefficient (Wildman–Crippen LogP) is 4.27. The monoisotopic (exact) mass is 473 g/mol. The predicted molar refractivity (Wildman–Crippen MR) is 123 cm³/mol. The molecule has 0 spiro atoms. The number of halogens is 1. The average Bonchev–Trinajstić information content (AvgIpc) is 3.32. The lowest BCUT2D eigenvalue weighted by atomic mass is 9.77. The van der Waals surface area contributed by atoms with Crippen molar-refractivity contribution in [3.8, 4) is 5.75 Å². The highest BCUT2D eigenvalue weighted by atomic mass is 35.5. The van der Waals surface area contributed by atoms with Crippen LogP contribution in [0.4, 0.5) is 0 Å². The summed E-state index contributed by atoms with van der Waals surface area (Å²) < 4.78 is 5.44. The standard InChI is InChI=1S/C23H20ClNO4S2/c24-18-3-1-2-4-20(18)31-21-19(27)13-23(25-22(21)28,16-9-12-30-14-16)15-5-7-17(8-6-15)29-11-10-26/h1-9,12,14,21,26H,10-11,13H2,(H,25,28). The van der Waals surface area contributed by atoms with E-state index in [1.54, 1.807) is 24.3 Å². The van der Waals surface area contributed by atoms with Gasteiger partial charge in [-0.2, -0.15) is 11.3 Å². The number of carbonyl (C=O) groups excluding carboxylic acids is 2. The first-order chi connectivity index (χ1) is 15.0. The maximum absolute atomic E-state index is 13.2. The number of aliphatic hydroxyl groups excluding tert-OH is 1. The molecule has 1 aliphatic rings. The van der Waals surface area contributed by atoms with E-state index in [-0.39, 0.29) is 31.3 Å². The van der Waals surface area contributed by atoms with E-state index in [0.717, 1.165) is 11.1 Å². The summed E-state index contributed by atoms with van der Waals surface area (Å²) in [6, 6.07) is 16.4. The Bertz CT molecular complexity index is 1050. The van der Waals surface area contributed by atoms with E-state index in [2.05, 4.69) is 5.32 Å². The fourth-order valence-electron chi connectivity index (χ4n) is 3.63. The fraction of sp³-hybridized carbons (Fsp3) is 0.217. The second-order valence-corrected chi connectivity index (χ2v) is 9.41. The van der Waals surface area contributed by atoms with Crippen LogP contribution < -0.4 is 10.1 Å². The number of hydrogen-bond acceptors (Lipinski definition) is 6. The largest absolute Gasteiger partial charge is 0.491 e. The van der Waals surface area contributed by atoms with Crippen LogP contribution in [0.25, 0.3) is 0 Å². The summed E-state index contributed by atoms with van der Waals surface area (Å²) in [5.41, 5.74) is 0.718. The minimum absolute atomic E-state index is 0.0738. The molecule has 160 valence electrons. The van der Waals surface area contributed by atoms with E-state index in [0.29, 0.717) is 15.7 Å². The lowest BCUT2D eigenvalue weighted by Crippen LogP contribution is -2.57. The van der Waals surface area contributed by atoms with Crippen LogP contribution >= 0.6 is 34.7 Å². The lowest BCUT2D eigenvalue weighted by molar-refractivity contribution is -0.132. The molecule has 4 rings (SSSR count). The molecule has 2 atom stereocenters. The van der Waals surface area contributed by atoms with Gasteiger partial charge in [0, 0.05) is 11.3 Å². The molecular formula is C23H20ClNO4S2. The summed E-state index contributed by atoms with van der Waals surface area (Å²) in [5, 5.41) is 15.6. The van der Waals surface area contributed by atoms with Crippen molar-refractivity contribution >= 4 is 46.4 Å². The second-order valence-electron chi connectivity index (χ2n) is 7.07. The molecule has 2 heterocycles. The number of rotatable bonds is 7. The van der Waals surface area contributed by atoms with Gasteiger partial charge in [-0.05, 0) is 52.2 Å². The van der Waals surface area contributed by atoms with Crippen molar-refractivity contribution in [3.05, 3.63) is 81.5 Å². The Hall–Kier alpha value is -2.32. The lowest BCUT2D eigenvalue weighted by Gasteiger charge is -2.40. The number of aliphatic hydroxyl groups is 1. The summed E-state index contributed by atoms with van der Waals surface area (Å²) in [6.07, 6.45) is 0.133. The highest BCUT2D eigenvalue weighted by Gasteiger charge is 2.47. The van der Waals surface area contributed by atoms with Gasteiger partial charge in [0.1, 0.15) is 17.6 Å². The molecule has 2 N–H and O–H groups in total. The number of carbonyl (C=O) groups is 2. The Morgan fingerprint density at radius 1 is 1.13 bits per heavy atom. The maximum atomic E-state index is 13.2. The Kier molecular flexibility index (Phi) is 6.67. The maximum Gasteiger partial charge on any atom is 0.242 e. The number of Topliss-reactive ketones (excluding diaryl/α,β-unsaturated/α-hetero) is 1. The first-order valence-corrected chi connectivity index (χ1v) is 11.9. The Balaban J connectivity index is 1.65. The molecule has 0 saturated carbocycles. The van der Waals surface area contributed by atoms with Crippen molar-refractivity contribution < 1.29 is 19.4 Å². The number of hydrogen-bond donors (Lipinski definition) is 2. The van der Waals surface area contributed by atoms with E-state index in [9.17, 15) is 9.59 Å². The van der Waals surface area contributed by atoms with Gasteiger partial charge in [-0.3, -0.25) is 9.59 Å². The smallest absolute Gasteiger partial charge is 0.242 e. The first-order valence-electron chi connectivity index (χ1n) is 9.66. The molecule has 2 aromatic carbocycles. The van der Waals surface area contributed by atoms with E-state index >= 15 is 0 Å². The van der Waals surface area contributed by atoms with Gasteiger partial charge >= 0.3 is 0 Å². The fourth-order valence-corrected chi connectivity index (χ4v) is 5.60. The average molecular weight is 474 g/mol. The van der Waals surface area contributed by atoms with Gasteiger partial charge in [-0.15, -0.1) is 11.8 Å². The van der Waals surface area contributed by atoms with Gasteiger partial charge in [-0.25, -0.2) is 0 Å². The van der Waals surface area contributed by atoms with Crippen LogP contribution in [-0.2, 0) is 15.1 Å². The molecule has 3 aromatic rings. The molecule has 1 amide bonds. The Morgan fingerprint density at radius 2 is 1.90 bits per heavy atom. The van der Waals surface area contributed by atoms with Crippen molar-refractivity contribution in [2.45, 2.75) is 22.1 Å². The number of piperidine rings is 1. The van der Waals surface area contributed by atoms with Gasteiger partial charge < -0.3 is 15.2 Å². The zero-order valence-electron chi connectivity index (χ0n) is 16.4. The number of amides is 1. The van der Waals surface area contributed by atoms with Crippen LogP contribution in [0, 0.1) is 0 Å². The summed E-state index contributed by atoms with van der Waals surface area (Å²) in [4.78, 5) is 27.1. The molecule has 0 aliphatic carbocycles. The van der Waals surface area contributed by atoms with Gasteiger partial charge in [-0.1, -0.05) is 35.9 Å². The van der Waals surface area contributed by atoms with Gasteiger partial charge in [0.05, 0.1) is 17.2 Å². The number of ether oxygens (including phenoxy) is 1. The summed E-state index contributed by atoms with van der Waals surface area (Å²) >= 11 is 8.92. The third kappa shape index (κ3) is 4.50. The molecule has 0 bridgehead atoms. The van der Waals surface area contributed by atoms with Crippen LogP contribution in [0.5, 0.6) is 5.75 Å². The van der Waals surface area contributed by atoms with Crippen molar-refractivity contribution in [3.63, 3.8) is 0 Å². The Labute approximate surface area is 193 Å². The van der Waals surface area contributed by atoms with Crippen molar-refractivity contribution in [2.24, 2.45) is 0 Å². The molecule has 5 nitrogen and oxygen atoms in total. The van der Waals surface area contributed by atoms with Crippen molar-refractivity contribution in [1.82, 2.24) is 5.32 Å². The SMILES string of the molecule is O=C1CC(c2ccc(OCCO)cc2)(c2ccsc2)NC(=O)C1Sc1ccccc1Cl. The summed E-state index contributed by atoms with van der Waals surface area (Å²) in [5.74, 6) is 0.118. The molecule has 1 saturated heterocycles. The zero-order chi connectivity index (χ0) is 21.8. The normalized spacial score (nSPS) is 21.0. The highest BCUT2D eigenvalue weighted by molar-refractivity contribution is 8.01. The van der Waals surface area contributed by atoms with Gasteiger partial charge in [0.2, 0.25) is 5.91 Å². The number of ketones is 1. The molecule has 0 radical (unpaired) electrons. The molecule has 1 fully saturated rings. The van der Waals surface area contributed by atoms with E-state index < -0.39 is 10.8 Å². The van der Waals surface area contributed by atoms with Crippen LogP contribution in [0.1, 0.15) is 17.5 Å². The number of thioether (sulfide) groups is 1. The second kappa shape index (κ2) is 9.44. The molecule has 1 aliphatic heterocycles. The third-order valence-electron chi connectivity index (χ3n) is 5.11. The van der Waals surface area contributed by atoms with Crippen molar-refractivity contribution in [2.75, 3.05) is 13.2 Å². The Morgan fingerprint density at radius 3 is 2.55 bits per heavy atom. The number of benzene rings is 2. The zero-order valence-corrected chi connectivity index (χ0v) is 18.8. The third-order valence-corrected chi connectivity index (χ3v) is 7.56. The summed E-state index contributed by atoms with van der Waals surface area (Å²) in [7, 11) is 0. The quantitative estimate of drug-likeness (QED) is 0.501. The van der Waals surface area contributed by atoms with Crippen LogP contribution in [-0.4, -0.2) is 35.3 Å². The molecule has 2 unspecified atom stereocenters. The molecule has 31 heavy (non-hydrogen) atoms. The first kappa shape index (κ1) is 21.9. The number of nitrogens with one attached hydrogen (secondary N) is 1. The minimum atomic E-state index is -0.943. The van der Waals surface area contributed by atoms with E-state index in [1.807, 2.05) is 41.1 Å².